The van der Waals surface area contributed by atoms with E-state index in [1.807, 2.05) is 30.3 Å². The highest BCUT2D eigenvalue weighted by molar-refractivity contribution is 5.64. The number of methoxy groups -OCH3 is 3. The van der Waals surface area contributed by atoms with Crippen molar-refractivity contribution in [2.75, 3.05) is 61.7 Å². The van der Waals surface area contributed by atoms with Crippen molar-refractivity contribution < 1.29 is 37.9 Å². The molecule has 11 heteroatoms. The molecule has 5 aromatic rings. The zero-order chi connectivity index (χ0) is 38.8. The zero-order valence-corrected chi connectivity index (χ0v) is 32.8. The van der Waals surface area contributed by atoms with Gasteiger partial charge in [-0.25, -0.2) is 0 Å². The van der Waals surface area contributed by atoms with Crippen molar-refractivity contribution in [3.63, 3.8) is 0 Å². The summed E-state index contributed by atoms with van der Waals surface area (Å²) in [6, 6.07) is 24.6. The highest BCUT2D eigenvalue weighted by atomic mass is 16.6. The predicted molar refractivity (Wildman–Crippen MR) is 213 cm³/mol. The van der Waals surface area contributed by atoms with Crippen molar-refractivity contribution in [3.05, 3.63) is 118 Å². The Kier molecular flexibility index (Phi) is 11.1. The highest BCUT2D eigenvalue weighted by Crippen LogP contribution is 2.52. The van der Waals surface area contributed by atoms with Crippen LogP contribution in [0.4, 0.5) is 0 Å². The molecule has 1 aromatic heterocycles. The first-order chi connectivity index (χ1) is 27.3. The van der Waals surface area contributed by atoms with Crippen LogP contribution in [0, 0.1) is 0 Å². The van der Waals surface area contributed by atoms with Crippen LogP contribution in [0.25, 0.3) is 0 Å². The number of aliphatic hydroxyl groups is 1. The Bertz CT molecular complexity index is 2140. The van der Waals surface area contributed by atoms with Crippen LogP contribution in [0.1, 0.15) is 51.2 Å². The van der Waals surface area contributed by atoms with Gasteiger partial charge in [-0.15, -0.1) is 0 Å². The summed E-state index contributed by atoms with van der Waals surface area (Å²) in [5, 5.41) is 14.4. The molecule has 9 rings (SSSR count). The smallest absolute Gasteiger partial charge is 0.204 e. The average Bonchev–Trinajstić information content (AvgIpc) is 3.73. The van der Waals surface area contributed by atoms with Gasteiger partial charge in [-0.3, -0.25) is 9.80 Å². The monoisotopic (exact) mass is 761 g/mol. The fraction of sp³-hybridized carbons (Fsp3) is 0.378. The lowest BCUT2D eigenvalue weighted by Crippen LogP contribution is -2.34. The summed E-state index contributed by atoms with van der Waals surface area (Å²) in [7, 11) is 9.32. The van der Waals surface area contributed by atoms with Gasteiger partial charge in [-0.05, 0) is 122 Å². The minimum atomic E-state index is -0.823. The third-order valence-corrected chi connectivity index (χ3v) is 11.3. The van der Waals surface area contributed by atoms with E-state index >= 15 is 0 Å². The third kappa shape index (κ3) is 7.77. The van der Waals surface area contributed by atoms with Crippen LogP contribution >= 0.6 is 0 Å². The molecule has 0 fully saturated rings. The molecular weight excluding hydrogens is 711 g/mol. The summed E-state index contributed by atoms with van der Waals surface area (Å²) in [6.07, 6.45) is 3.95. The molecule has 0 spiro atoms. The molecule has 4 aliphatic rings. The van der Waals surface area contributed by atoms with Crippen molar-refractivity contribution in [1.82, 2.24) is 15.1 Å². The number of fused-ring (bicyclic) bond motifs is 2. The molecule has 294 valence electrons. The standard InChI is InChI=1S/C45H51N3O8/c1-47-16-14-30-22-39(51-4)41-24-35(30)36(47)19-28-8-11-33(12-9-28)55-40-21-29(10-13-38(40)50-3)20-37-43-31(15-17-48(37)2)23-42(52-5)44(45(43)56-41)54-27-32(49)25-46-26-34-7-6-18-53-34/h6-13,18,21-24,32,36-37,46,49H,14-17,19-20,25-27H2,1-5H3. The van der Waals surface area contributed by atoms with E-state index in [9.17, 15) is 5.11 Å². The van der Waals surface area contributed by atoms with Crippen LogP contribution in [-0.4, -0.2) is 82.7 Å². The predicted octanol–water partition coefficient (Wildman–Crippen LogP) is 7.28. The van der Waals surface area contributed by atoms with Crippen LogP contribution < -0.4 is 33.7 Å². The molecule has 56 heavy (non-hydrogen) atoms. The second-order valence-electron chi connectivity index (χ2n) is 14.9. The van der Waals surface area contributed by atoms with Gasteiger partial charge in [0.1, 0.15) is 24.2 Å². The van der Waals surface area contributed by atoms with Crippen LogP contribution in [0.5, 0.6) is 46.0 Å². The maximum Gasteiger partial charge on any atom is 0.204 e. The molecule has 2 N–H and O–H groups in total. The second-order valence-corrected chi connectivity index (χ2v) is 14.9. The topological polar surface area (TPSA) is 107 Å². The Balaban J connectivity index is 1.26. The molecule has 11 nitrogen and oxygen atoms in total. The van der Waals surface area contributed by atoms with E-state index in [4.69, 9.17) is 32.8 Å². The van der Waals surface area contributed by atoms with Gasteiger partial charge in [0.2, 0.25) is 5.75 Å². The molecule has 0 aliphatic carbocycles. The van der Waals surface area contributed by atoms with Crippen LogP contribution in [0.3, 0.4) is 0 Å². The number of hydrogen-bond donors (Lipinski definition) is 2. The van der Waals surface area contributed by atoms with Gasteiger partial charge in [-0.2, -0.15) is 0 Å². The number of hydrogen-bond acceptors (Lipinski definition) is 11. The average molecular weight is 762 g/mol. The Morgan fingerprint density at radius 1 is 0.768 bits per heavy atom. The van der Waals surface area contributed by atoms with E-state index in [0.29, 0.717) is 59.8 Å². The van der Waals surface area contributed by atoms with Crippen molar-refractivity contribution in [2.45, 2.75) is 50.4 Å². The van der Waals surface area contributed by atoms with E-state index in [1.165, 1.54) is 16.7 Å². The van der Waals surface area contributed by atoms with Gasteiger partial charge in [0, 0.05) is 37.3 Å². The maximum atomic E-state index is 11.1. The Labute approximate surface area is 328 Å². The lowest BCUT2D eigenvalue weighted by Gasteiger charge is -2.37. The summed E-state index contributed by atoms with van der Waals surface area (Å²) in [6.45, 7) is 2.55. The molecule has 6 bridgehead atoms. The largest absolute Gasteiger partial charge is 0.493 e. The summed E-state index contributed by atoms with van der Waals surface area (Å²) >= 11 is 0. The molecule has 0 radical (unpaired) electrons. The van der Waals surface area contributed by atoms with Crippen molar-refractivity contribution in [3.8, 4) is 46.0 Å². The quantitative estimate of drug-likeness (QED) is 0.150. The Hall–Kier alpha value is -5.20. The molecule has 4 aliphatic heterocycles. The number of ether oxygens (including phenoxy) is 6. The fourth-order valence-corrected chi connectivity index (χ4v) is 8.23. The van der Waals surface area contributed by atoms with Crippen LogP contribution in [-0.2, 0) is 32.2 Å². The van der Waals surface area contributed by atoms with E-state index < -0.39 is 6.10 Å². The number of nitrogens with zero attached hydrogens (tertiary/aromatic N) is 2. The number of nitrogens with one attached hydrogen (secondary N) is 1. The van der Waals surface area contributed by atoms with Crippen LogP contribution in [0.15, 0.2) is 83.5 Å². The third-order valence-electron chi connectivity index (χ3n) is 11.3. The fourth-order valence-electron chi connectivity index (χ4n) is 8.23. The molecular formula is C45H51N3O8. The molecule has 5 heterocycles. The van der Waals surface area contributed by atoms with Crippen molar-refractivity contribution in [1.29, 1.82) is 0 Å². The van der Waals surface area contributed by atoms with Gasteiger partial charge in [0.25, 0.3) is 0 Å². The first kappa shape index (κ1) is 37.7. The normalized spacial score (nSPS) is 18.5. The summed E-state index contributed by atoms with van der Waals surface area (Å²) in [4.78, 5) is 4.77. The summed E-state index contributed by atoms with van der Waals surface area (Å²) in [5.74, 6) is 5.61. The van der Waals surface area contributed by atoms with Gasteiger partial charge < -0.3 is 43.3 Å². The molecule has 3 atom stereocenters. The number of likely N-dealkylation sites (N-methyl/N-ethyl adjacent to an activating group) is 2. The van der Waals surface area contributed by atoms with Gasteiger partial charge in [0.05, 0.1) is 34.1 Å². The Morgan fingerprint density at radius 2 is 1.46 bits per heavy atom. The molecule has 0 saturated carbocycles. The number of aliphatic hydroxyl groups excluding tert-OH is 1. The second kappa shape index (κ2) is 16.5. The lowest BCUT2D eigenvalue weighted by atomic mass is 9.87. The summed E-state index contributed by atoms with van der Waals surface area (Å²) in [5.41, 5.74) is 6.82. The molecule has 4 aromatic carbocycles. The SMILES string of the molecule is COc1ccc2cc1Oc1ccc(cc1)CC1c3cc(c(OC)cc3CCN1C)Oc1c(OCC(O)CNCc3ccco3)c(OC)cc3c1C(C2)N(C)CC3. The van der Waals surface area contributed by atoms with E-state index in [0.717, 1.165) is 60.6 Å². The number of furan rings is 1. The van der Waals surface area contributed by atoms with Gasteiger partial charge >= 0.3 is 0 Å². The first-order valence-electron chi connectivity index (χ1n) is 19.3. The maximum absolute atomic E-state index is 11.1. The number of rotatable bonds is 10. The lowest BCUT2D eigenvalue weighted by molar-refractivity contribution is 0.102. The van der Waals surface area contributed by atoms with Crippen molar-refractivity contribution in [2.24, 2.45) is 0 Å². The number of benzene rings is 4. The van der Waals surface area contributed by atoms with E-state index in [2.05, 4.69) is 71.7 Å². The molecule has 0 saturated heterocycles. The Morgan fingerprint density at radius 3 is 2.21 bits per heavy atom. The molecule has 3 unspecified atom stereocenters. The minimum Gasteiger partial charge on any atom is -0.493 e. The van der Waals surface area contributed by atoms with Gasteiger partial charge in [0.15, 0.2) is 34.5 Å². The molecule has 0 amide bonds. The van der Waals surface area contributed by atoms with Gasteiger partial charge in [-0.1, -0.05) is 18.2 Å². The van der Waals surface area contributed by atoms with E-state index in [1.54, 1.807) is 27.6 Å². The van der Waals surface area contributed by atoms with E-state index in [-0.39, 0.29) is 18.7 Å². The highest BCUT2D eigenvalue weighted by Gasteiger charge is 2.35. The van der Waals surface area contributed by atoms with Crippen molar-refractivity contribution >= 4 is 0 Å². The van der Waals surface area contributed by atoms with Crippen LogP contribution in [0.2, 0.25) is 0 Å². The minimum absolute atomic E-state index is 0.00299. The summed E-state index contributed by atoms with van der Waals surface area (Å²) < 4.78 is 43.6. The first-order valence-corrected chi connectivity index (χ1v) is 19.3. The zero-order valence-electron chi connectivity index (χ0n) is 32.8.